The van der Waals surface area contributed by atoms with Crippen molar-refractivity contribution in [3.8, 4) is 0 Å². The second-order valence-electron chi connectivity index (χ2n) is 5.34. The standard InChI is InChI=1S/C15H17N3O2/c19-11-17-15(7-3-4-8-15)12-5-1-2-6-13(12)18-10-9-16-14(18)20/h1-2,5-6H,3-4,7-10H2,(H,16,20). The van der Waals surface area contributed by atoms with Crippen LogP contribution in [-0.4, -0.2) is 25.2 Å². The number of nitrogens with zero attached hydrogens (tertiary/aromatic N) is 2. The Morgan fingerprint density at radius 1 is 1.25 bits per heavy atom. The Labute approximate surface area is 117 Å². The van der Waals surface area contributed by atoms with Gasteiger partial charge in [-0.25, -0.2) is 9.59 Å². The molecule has 0 atom stereocenters. The minimum Gasteiger partial charge on any atom is -0.336 e. The van der Waals surface area contributed by atoms with E-state index in [9.17, 15) is 9.59 Å². The van der Waals surface area contributed by atoms with E-state index in [1.54, 1.807) is 11.0 Å². The number of para-hydroxylation sites is 1. The van der Waals surface area contributed by atoms with Gasteiger partial charge in [0.2, 0.25) is 6.08 Å². The van der Waals surface area contributed by atoms with Crippen LogP contribution >= 0.6 is 0 Å². The lowest BCUT2D eigenvalue weighted by Crippen LogP contribution is -2.31. The quantitative estimate of drug-likeness (QED) is 0.677. The van der Waals surface area contributed by atoms with Gasteiger partial charge in [0.05, 0.1) is 5.69 Å². The Hall–Kier alpha value is -2.13. The maximum Gasteiger partial charge on any atom is 0.322 e. The highest BCUT2D eigenvalue weighted by atomic mass is 16.2. The van der Waals surface area contributed by atoms with E-state index in [1.165, 1.54) is 0 Å². The van der Waals surface area contributed by atoms with E-state index in [2.05, 4.69) is 10.3 Å². The summed E-state index contributed by atoms with van der Waals surface area (Å²) in [6.45, 7) is 1.30. The first-order valence-corrected chi connectivity index (χ1v) is 7.01. The van der Waals surface area contributed by atoms with Gasteiger partial charge in [-0.2, -0.15) is 4.99 Å². The lowest BCUT2D eigenvalue weighted by molar-refractivity contribution is 0.252. The predicted molar refractivity (Wildman–Crippen MR) is 75.5 cm³/mol. The van der Waals surface area contributed by atoms with Gasteiger partial charge >= 0.3 is 6.03 Å². The molecule has 104 valence electrons. The molecule has 0 unspecified atom stereocenters. The van der Waals surface area contributed by atoms with Gasteiger partial charge in [-0.3, -0.25) is 4.90 Å². The molecule has 1 aromatic rings. The van der Waals surface area contributed by atoms with Crippen LogP contribution in [0.5, 0.6) is 0 Å². The van der Waals surface area contributed by atoms with Crippen LogP contribution in [0.3, 0.4) is 0 Å². The average molecular weight is 271 g/mol. The van der Waals surface area contributed by atoms with E-state index in [4.69, 9.17) is 0 Å². The molecule has 2 amide bonds. The maximum atomic E-state index is 11.9. The normalized spacial score (nSPS) is 20.6. The maximum absolute atomic E-state index is 11.9. The molecule has 1 N–H and O–H groups in total. The number of urea groups is 1. The summed E-state index contributed by atoms with van der Waals surface area (Å²) in [4.78, 5) is 28.6. The number of hydrogen-bond acceptors (Lipinski definition) is 3. The molecule has 20 heavy (non-hydrogen) atoms. The first-order chi connectivity index (χ1) is 9.77. The summed E-state index contributed by atoms with van der Waals surface area (Å²) in [7, 11) is 0. The van der Waals surface area contributed by atoms with Crippen LogP contribution in [0.2, 0.25) is 0 Å². The molecule has 1 saturated heterocycles. The van der Waals surface area contributed by atoms with E-state index >= 15 is 0 Å². The first kappa shape index (κ1) is 12.9. The molecule has 3 rings (SSSR count). The summed E-state index contributed by atoms with van der Waals surface area (Å²) in [5.41, 5.74) is 1.34. The molecule has 5 heteroatoms. The predicted octanol–water partition coefficient (Wildman–Crippen LogP) is 2.32. The van der Waals surface area contributed by atoms with Gasteiger partial charge in [-0.05, 0) is 18.9 Å². The Kier molecular flexibility index (Phi) is 3.28. The molecular weight excluding hydrogens is 254 g/mol. The fourth-order valence-corrected chi connectivity index (χ4v) is 3.29. The van der Waals surface area contributed by atoms with Crippen molar-refractivity contribution >= 4 is 17.8 Å². The van der Waals surface area contributed by atoms with Crippen molar-refractivity contribution in [2.24, 2.45) is 4.99 Å². The largest absolute Gasteiger partial charge is 0.336 e. The molecule has 1 saturated carbocycles. The molecule has 0 radical (unpaired) electrons. The average Bonchev–Trinajstić information content (AvgIpc) is 3.09. The van der Waals surface area contributed by atoms with E-state index in [1.807, 2.05) is 24.3 Å². The third-order valence-corrected chi connectivity index (χ3v) is 4.24. The van der Waals surface area contributed by atoms with Gasteiger partial charge in [0.15, 0.2) is 0 Å². The highest BCUT2D eigenvalue weighted by Gasteiger charge is 2.39. The third-order valence-electron chi connectivity index (χ3n) is 4.24. The highest BCUT2D eigenvalue weighted by molar-refractivity contribution is 5.95. The molecule has 0 spiro atoms. The number of rotatable bonds is 3. The summed E-state index contributed by atoms with van der Waals surface area (Å²) >= 11 is 0. The Morgan fingerprint density at radius 3 is 2.65 bits per heavy atom. The molecular formula is C15H17N3O2. The molecule has 1 aliphatic heterocycles. The number of aliphatic imine (C=N–C) groups is 1. The number of isocyanates is 1. The van der Waals surface area contributed by atoms with E-state index in [-0.39, 0.29) is 6.03 Å². The van der Waals surface area contributed by atoms with Crippen LogP contribution in [0.25, 0.3) is 0 Å². The number of nitrogens with one attached hydrogen (secondary N) is 1. The van der Waals surface area contributed by atoms with Crippen molar-refractivity contribution in [3.63, 3.8) is 0 Å². The second-order valence-corrected chi connectivity index (χ2v) is 5.34. The van der Waals surface area contributed by atoms with Crippen LogP contribution in [-0.2, 0) is 10.3 Å². The molecule has 1 aliphatic carbocycles. The van der Waals surface area contributed by atoms with Gasteiger partial charge in [-0.15, -0.1) is 0 Å². The zero-order valence-electron chi connectivity index (χ0n) is 11.3. The zero-order chi connectivity index (χ0) is 14.0. The molecule has 2 fully saturated rings. The summed E-state index contributed by atoms with van der Waals surface area (Å²) in [6, 6.07) is 7.68. The molecule has 0 bridgehead atoms. The second kappa shape index (κ2) is 5.10. The molecule has 5 nitrogen and oxygen atoms in total. The Balaban J connectivity index is 2.09. The summed E-state index contributed by atoms with van der Waals surface area (Å²) in [6.07, 6.45) is 5.51. The smallest absolute Gasteiger partial charge is 0.322 e. The minimum absolute atomic E-state index is 0.0827. The Morgan fingerprint density at radius 2 is 2.00 bits per heavy atom. The molecule has 2 aliphatic rings. The van der Waals surface area contributed by atoms with Gasteiger partial charge in [-0.1, -0.05) is 31.0 Å². The molecule has 1 aromatic carbocycles. The van der Waals surface area contributed by atoms with Gasteiger partial charge < -0.3 is 5.32 Å². The van der Waals surface area contributed by atoms with Crippen LogP contribution in [0.1, 0.15) is 31.2 Å². The van der Waals surface area contributed by atoms with Crippen molar-refractivity contribution in [2.75, 3.05) is 18.0 Å². The summed E-state index contributed by atoms with van der Waals surface area (Å²) < 4.78 is 0. The summed E-state index contributed by atoms with van der Waals surface area (Å²) in [5.74, 6) is 0. The number of carbonyl (C=O) groups excluding carboxylic acids is 2. The minimum atomic E-state index is -0.499. The van der Waals surface area contributed by atoms with Crippen LogP contribution < -0.4 is 10.2 Å². The van der Waals surface area contributed by atoms with Crippen LogP contribution in [0.15, 0.2) is 29.3 Å². The lowest BCUT2D eigenvalue weighted by Gasteiger charge is -2.28. The van der Waals surface area contributed by atoms with E-state index in [0.29, 0.717) is 13.1 Å². The van der Waals surface area contributed by atoms with E-state index < -0.39 is 5.54 Å². The summed E-state index contributed by atoms with van der Waals surface area (Å²) in [5, 5.41) is 2.81. The lowest BCUT2D eigenvalue weighted by atomic mass is 9.87. The number of anilines is 1. The Bertz CT molecular complexity index is 572. The number of benzene rings is 1. The van der Waals surface area contributed by atoms with Gasteiger partial charge in [0, 0.05) is 18.7 Å². The van der Waals surface area contributed by atoms with Crippen LogP contribution in [0, 0.1) is 0 Å². The number of hydrogen-bond donors (Lipinski definition) is 1. The third kappa shape index (κ3) is 2.00. The number of carbonyl (C=O) groups is 1. The monoisotopic (exact) mass is 271 g/mol. The number of amides is 2. The van der Waals surface area contributed by atoms with Crippen molar-refractivity contribution < 1.29 is 9.59 Å². The van der Waals surface area contributed by atoms with Crippen molar-refractivity contribution in [1.82, 2.24) is 5.32 Å². The van der Waals surface area contributed by atoms with Crippen molar-refractivity contribution in [2.45, 2.75) is 31.2 Å². The SMILES string of the molecule is O=C=NC1(c2ccccc2N2CCNC2=O)CCCC1. The first-order valence-electron chi connectivity index (χ1n) is 7.01. The van der Waals surface area contributed by atoms with E-state index in [0.717, 1.165) is 36.9 Å². The van der Waals surface area contributed by atoms with Gasteiger partial charge in [0.25, 0.3) is 0 Å². The fraction of sp³-hybridized carbons (Fsp3) is 0.467. The topological polar surface area (TPSA) is 61.8 Å². The fourth-order valence-electron chi connectivity index (χ4n) is 3.29. The molecule has 0 aromatic heterocycles. The highest BCUT2D eigenvalue weighted by Crippen LogP contribution is 2.45. The van der Waals surface area contributed by atoms with Gasteiger partial charge in [0.1, 0.15) is 5.54 Å². The van der Waals surface area contributed by atoms with Crippen molar-refractivity contribution in [3.05, 3.63) is 29.8 Å². The molecule has 1 heterocycles. The van der Waals surface area contributed by atoms with Crippen LogP contribution in [0.4, 0.5) is 10.5 Å². The zero-order valence-corrected chi connectivity index (χ0v) is 11.3. The van der Waals surface area contributed by atoms with Crippen molar-refractivity contribution in [1.29, 1.82) is 0 Å².